The summed E-state index contributed by atoms with van der Waals surface area (Å²) in [5.41, 5.74) is -5.07. The van der Waals surface area contributed by atoms with Crippen LogP contribution < -0.4 is 10.6 Å². The number of rotatable bonds is 8. The van der Waals surface area contributed by atoms with Crippen molar-refractivity contribution in [1.82, 2.24) is 58.9 Å². The number of carbonyl (C=O) groups is 3. The zero-order valence-electron chi connectivity index (χ0n) is 34.2. The van der Waals surface area contributed by atoms with Gasteiger partial charge in [-0.1, -0.05) is 28.9 Å². The van der Waals surface area contributed by atoms with Crippen LogP contribution in [0.3, 0.4) is 0 Å². The van der Waals surface area contributed by atoms with E-state index in [0.29, 0.717) is 38.2 Å². The van der Waals surface area contributed by atoms with Crippen molar-refractivity contribution < 1.29 is 58.6 Å². The molecule has 0 fully saturated rings. The van der Waals surface area contributed by atoms with Gasteiger partial charge in [-0.05, 0) is 54.6 Å². The smallest absolute Gasteiger partial charge is 0.434 e. The molecule has 0 aliphatic carbocycles. The third-order valence-electron chi connectivity index (χ3n) is 9.53. The van der Waals surface area contributed by atoms with Gasteiger partial charge in [-0.15, -0.1) is 5.10 Å². The summed E-state index contributed by atoms with van der Waals surface area (Å²) in [7, 11) is 1.18. The lowest BCUT2D eigenvalue weighted by Crippen LogP contribution is -2.21. The second kappa shape index (κ2) is 18.1. The number of alkyl halides is 9. The molecule has 0 aliphatic heterocycles. The number of benzene rings is 1. The van der Waals surface area contributed by atoms with Crippen LogP contribution >= 0.6 is 11.6 Å². The third-order valence-corrected chi connectivity index (χ3v) is 9.81. The minimum atomic E-state index is -5.00. The van der Waals surface area contributed by atoms with E-state index in [-0.39, 0.29) is 39.4 Å². The van der Waals surface area contributed by atoms with E-state index in [4.69, 9.17) is 11.6 Å². The van der Waals surface area contributed by atoms with Gasteiger partial charge in [0.1, 0.15) is 17.2 Å². The first-order valence-electron chi connectivity index (χ1n) is 19.1. The average molecular weight is 983 g/mol. The van der Waals surface area contributed by atoms with Gasteiger partial charge in [-0.3, -0.25) is 24.0 Å². The fraction of sp³-hybridized carbons (Fsp3) is 0.0976. The molecule has 0 saturated heterocycles. The fourth-order valence-electron chi connectivity index (χ4n) is 6.60. The molecule has 0 saturated carbocycles. The van der Waals surface area contributed by atoms with Gasteiger partial charge in [0.2, 0.25) is 0 Å². The van der Waals surface area contributed by atoms with Crippen LogP contribution in [0.15, 0.2) is 116 Å². The quantitative estimate of drug-likeness (QED) is 0.109. The lowest BCUT2D eigenvalue weighted by Gasteiger charge is -2.14. The first kappa shape index (κ1) is 46.8. The van der Waals surface area contributed by atoms with Crippen LogP contribution in [0.2, 0.25) is 5.02 Å². The lowest BCUT2D eigenvalue weighted by atomic mass is 10.1. The van der Waals surface area contributed by atoms with Crippen molar-refractivity contribution in [1.29, 1.82) is 0 Å². The third kappa shape index (κ3) is 9.60. The van der Waals surface area contributed by atoms with Crippen LogP contribution in [0, 0.1) is 0 Å². The number of methoxy groups -OCH3 is 1. The second-order valence-electron chi connectivity index (χ2n) is 13.9. The predicted octanol–water partition coefficient (Wildman–Crippen LogP) is 8.31. The maximum absolute atomic E-state index is 14.2. The van der Waals surface area contributed by atoms with Gasteiger partial charge in [0, 0.05) is 35.9 Å². The van der Waals surface area contributed by atoms with Crippen molar-refractivity contribution in [3.05, 3.63) is 155 Å². The van der Waals surface area contributed by atoms with Gasteiger partial charge in [-0.25, -0.2) is 24.1 Å². The molecule has 28 heteroatoms. The SMILES string of the molecule is COC(=O)c1cn(-c2ncc(NC(=O)c3cnn(-c4cccc5ncccc45)c3C(F)(F)F)cc2Cl)nn1.O=C(Nc1ccnc(C(F)(F)F)c1)c1cnn(-c2cccc3nccn23)c1C(F)(F)F. The number of anilines is 2. The largest absolute Gasteiger partial charge is 0.464 e. The Morgan fingerprint density at radius 3 is 2.04 bits per heavy atom. The van der Waals surface area contributed by atoms with Crippen LogP contribution in [-0.2, 0) is 23.3 Å². The maximum atomic E-state index is 14.2. The lowest BCUT2D eigenvalue weighted by molar-refractivity contribution is -0.143. The summed E-state index contributed by atoms with van der Waals surface area (Å²) in [6.07, 6.45) is -5.69. The van der Waals surface area contributed by atoms with Crippen molar-refractivity contribution in [2.24, 2.45) is 0 Å². The van der Waals surface area contributed by atoms with Crippen molar-refractivity contribution in [3.63, 3.8) is 0 Å². The maximum Gasteiger partial charge on any atom is 0.434 e. The number of hydrogen-bond acceptors (Lipinski definition) is 12. The Bertz CT molecular complexity index is 3410. The van der Waals surface area contributed by atoms with Gasteiger partial charge in [0.25, 0.3) is 11.8 Å². The van der Waals surface area contributed by atoms with Gasteiger partial charge < -0.3 is 15.4 Å². The Labute approximate surface area is 383 Å². The number of halogens is 10. The Morgan fingerprint density at radius 2 is 1.36 bits per heavy atom. The van der Waals surface area contributed by atoms with Crippen LogP contribution in [0.1, 0.15) is 48.3 Å². The number of hydrogen-bond donors (Lipinski definition) is 2. The molecule has 8 aromatic heterocycles. The topological polar surface area (TPSA) is 207 Å². The summed E-state index contributed by atoms with van der Waals surface area (Å²) in [5, 5.41) is 19.7. The number of imidazole rings is 1. The molecule has 352 valence electrons. The summed E-state index contributed by atoms with van der Waals surface area (Å²) >= 11 is 6.24. The molecule has 9 aromatic rings. The van der Waals surface area contributed by atoms with Gasteiger partial charge >= 0.3 is 24.5 Å². The van der Waals surface area contributed by atoms with Gasteiger partial charge in [0.15, 0.2) is 22.9 Å². The molecule has 0 radical (unpaired) electrons. The highest BCUT2D eigenvalue weighted by Gasteiger charge is 2.42. The van der Waals surface area contributed by atoms with Crippen molar-refractivity contribution in [2.45, 2.75) is 18.5 Å². The molecular formula is C41H24ClF9N14O4. The molecule has 9 rings (SSSR count). The fourth-order valence-corrected chi connectivity index (χ4v) is 6.85. The summed E-state index contributed by atoms with van der Waals surface area (Å²) in [4.78, 5) is 52.4. The summed E-state index contributed by atoms with van der Waals surface area (Å²) in [6, 6.07) is 15.0. The minimum absolute atomic E-state index is 0.00675. The first-order valence-corrected chi connectivity index (χ1v) is 19.5. The molecule has 8 heterocycles. The molecule has 1 aromatic carbocycles. The van der Waals surface area contributed by atoms with E-state index in [1.54, 1.807) is 30.3 Å². The first-order chi connectivity index (χ1) is 32.7. The van der Waals surface area contributed by atoms with Crippen molar-refractivity contribution >= 4 is 57.3 Å². The molecule has 2 amide bonds. The predicted molar refractivity (Wildman–Crippen MR) is 222 cm³/mol. The standard InChI is InChI=1S/C23H14ClF3N8O3.C18H10F6N6O/c1-38-22(37)17-11-34(33-32-17)20-15(24)8-12(9-29-20)31-21(36)14-10-30-35(19(14)23(25,26)27)18-6-2-5-16-13(18)4-3-7-28-16;19-17(20,21)12-8-10(4-5-25-12)28-16(31)11-9-27-30(15(11)18(22,23)24)14-3-1-2-13-26-6-7-29(13)14/h2-11H,1H3,(H,31,36);1-9H,(H,25,28,31). The number of nitrogens with one attached hydrogen (secondary N) is 2. The van der Waals surface area contributed by atoms with E-state index in [9.17, 15) is 53.9 Å². The Hall–Kier alpha value is -8.75. The van der Waals surface area contributed by atoms with Crippen LogP contribution in [0.25, 0.3) is 33.9 Å². The molecular weight excluding hydrogens is 959 g/mol. The second-order valence-corrected chi connectivity index (χ2v) is 14.3. The molecule has 0 atom stereocenters. The highest BCUT2D eigenvalue weighted by atomic mass is 35.5. The molecule has 18 nitrogen and oxygen atoms in total. The molecule has 0 bridgehead atoms. The van der Waals surface area contributed by atoms with Gasteiger partial charge in [-0.2, -0.15) is 54.4 Å². The molecule has 0 spiro atoms. The highest BCUT2D eigenvalue weighted by Crippen LogP contribution is 2.37. The van der Waals surface area contributed by atoms with Gasteiger partial charge in [0.05, 0.1) is 64.9 Å². The number of nitrogens with zero attached hydrogens (tertiary/aromatic N) is 12. The number of ether oxygens (including phenoxy) is 1. The van der Waals surface area contributed by atoms with E-state index in [1.165, 1.54) is 60.6 Å². The molecule has 2 N–H and O–H groups in total. The van der Waals surface area contributed by atoms with E-state index in [0.717, 1.165) is 29.3 Å². The molecule has 0 unspecified atom stereocenters. The van der Waals surface area contributed by atoms with Crippen LogP contribution in [-0.4, -0.2) is 83.8 Å². The highest BCUT2D eigenvalue weighted by molar-refractivity contribution is 6.32. The number of pyridine rings is 4. The Balaban J connectivity index is 0.000000190. The Morgan fingerprint density at radius 1 is 0.681 bits per heavy atom. The number of aromatic nitrogens is 12. The zero-order valence-corrected chi connectivity index (χ0v) is 35.0. The zero-order chi connectivity index (χ0) is 49.4. The minimum Gasteiger partial charge on any atom is -0.464 e. The van der Waals surface area contributed by atoms with E-state index in [2.05, 4.69) is 50.5 Å². The van der Waals surface area contributed by atoms with Crippen LogP contribution in [0.4, 0.5) is 50.9 Å². The van der Waals surface area contributed by atoms with Crippen molar-refractivity contribution in [3.8, 4) is 17.3 Å². The normalized spacial score (nSPS) is 11.9. The average Bonchev–Trinajstić information content (AvgIpc) is 4.15. The Kier molecular flexibility index (Phi) is 12.3. The number of carbonyl (C=O) groups excluding carboxylic acids is 3. The van der Waals surface area contributed by atoms with E-state index >= 15 is 0 Å². The van der Waals surface area contributed by atoms with E-state index < -0.39 is 64.5 Å². The summed E-state index contributed by atoms with van der Waals surface area (Å²) in [5.74, 6) is -3.07. The van der Waals surface area contributed by atoms with Crippen LogP contribution in [0.5, 0.6) is 0 Å². The number of fused-ring (bicyclic) bond motifs is 2. The summed E-state index contributed by atoms with van der Waals surface area (Å²) < 4.78 is 131. The van der Waals surface area contributed by atoms with E-state index in [1.807, 2.05) is 5.32 Å². The molecule has 0 aliphatic rings. The number of amides is 2. The molecule has 69 heavy (non-hydrogen) atoms. The monoisotopic (exact) mass is 982 g/mol. The summed E-state index contributed by atoms with van der Waals surface area (Å²) in [6.45, 7) is 0. The van der Waals surface area contributed by atoms with Crippen molar-refractivity contribution in [2.75, 3.05) is 17.7 Å². The number of esters is 1.